The van der Waals surface area contributed by atoms with Crippen LogP contribution in [0, 0.1) is 0 Å². The van der Waals surface area contributed by atoms with Crippen LogP contribution < -0.4 is 0 Å². The van der Waals surface area contributed by atoms with Crippen LogP contribution in [0.5, 0.6) is 0 Å². The van der Waals surface area contributed by atoms with Gasteiger partial charge < -0.3 is 14.8 Å². The van der Waals surface area contributed by atoms with Crippen molar-refractivity contribution in [2.75, 3.05) is 33.7 Å². The third kappa shape index (κ3) is 4.46. The lowest BCUT2D eigenvalue weighted by Crippen LogP contribution is -2.45. The fourth-order valence-corrected chi connectivity index (χ4v) is 2.35. The summed E-state index contributed by atoms with van der Waals surface area (Å²) in [7, 11) is 3.99. The van der Waals surface area contributed by atoms with Gasteiger partial charge in [-0.2, -0.15) is 0 Å². The van der Waals surface area contributed by atoms with Crippen LogP contribution in [0.25, 0.3) is 0 Å². The van der Waals surface area contributed by atoms with Crippen molar-refractivity contribution in [3.63, 3.8) is 0 Å². The van der Waals surface area contributed by atoms with Crippen LogP contribution in [0.2, 0.25) is 0 Å². The van der Waals surface area contributed by atoms with Crippen LogP contribution in [0.1, 0.15) is 32.6 Å². The van der Waals surface area contributed by atoms with Crippen molar-refractivity contribution in [3.8, 4) is 0 Å². The van der Waals surface area contributed by atoms with Gasteiger partial charge in [-0.15, -0.1) is 0 Å². The zero-order valence-electron chi connectivity index (χ0n) is 11.4. The molecule has 1 aliphatic heterocycles. The van der Waals surface area contributed by atoms with Gasteiger partial charge in [0, 0.05) is 39.1 Å². The van der Waals surface area contributed by atoms with Gasteiger partial charge in [0.15, 0.2) is 0 Å². The number of rotatable bonds is 5. The largest absolute Gasteiger partial charge is 0.343 e. The summed E-state index contributed by atoms with van der Waals surface area (Å²) < 4.78 is 0. The number of piperidine rings is 1. The van der Waals surface area contributed by atoms with E-state index in [9.17, 15) is 4.79 Å². The molecule has 0 aromatic carbocycles. The highest BCUT2D eigenvalue weighted by atomic mass is 16.2. The molecule has 17 heavy (non-hydrogen) atoms. The smallest absolute Gasteiger partial charge is 0.222 e. The van der Waals surface area contributed by atoms with Gasteiger partial charge in [0.25, 0.3) is 0 Å². The summed E-state index contributed by atoms with van der Waals surface area (Å²) in [5.41, 5.74) is 0. The summed E-state index contributed by atoms with van der Waals surface area (Å²) in [6.45, 7) is 4.83. The molecule has 1 aliphatic rings. The first-order chi connectivity index (χ1) is 8.19. The van der Waals surface area contributed by atoms with E-state index >= 15 is 0 Å². The standard InChI is InChI=1S/C13H25N3O/c1-4-13(17)16-10-6-12(7-11-16)15(3)9-5-8-14-2/h8,12H,4-7,9-11H2,1-3H3. The number of hydrogen-bond donors (Lipinski definition) is 0. The molecule has 1 amide bonds. The Hall–Kier alpha value is -0.900. The van der Waals surface area contributed by atoms with Gasteiger partial charge in [-0.3, -0.25) is 4.79 Å². The van der Waals surface area contributed by atoms with E-state index in [0.29, 0.717) is 18.4 Å². The van der Waals surface area contributed by atoms with Gasteiger partial charge in [-0.25, -0.2) is 0 Å². The third-order valence-electron chi connectivity index (χ3n) is 3.54. The molecule has 0 radical (unpaired) electrons. The Balaban J connectivity index is 2.28. The first kappa shape index (κ1) is 14.2. The molecule has 1 saturated heterocycles. The Bertz CT molecular complexity index is 257. The summed E-state index contributed by atoms with van der Waals surface area (Å²) in [6.07, 6.45) is 5.82. The van der Waals surface area contributed by atoms with Crippen LogP contribution in [-0.2, 0) is 4.79 Å². The average molecular weight is 239 g/mol. The molecule has 0 bridgehead atoms. The van der Waals surface area contributed by atoms with E-state index in [4.69, 9.17) is 0 Å². The van der Waals surface area contributed by atoms with E-state index < -0.39 is 0 Å². The normalized spacial score (nSPS) is 18.2. The summed E-state index contributed by atoms with van der Waals surface area (Å²) in [5.74, 6) is 0.296. The van der Waals surface area contributed by atoms with E-state index in [1.54, 1.807) is 0 Å². The maximum absolute atomic E-state index is 11.5. The summed E-state index contributed by atoms with van der Waals surface area (Å²) in [6, 6.07) is 0.626. The molecular formula is C13H25N3O. The lowest BCUT2D eigenvalue weighted by Gasteiger charge is -2.36. The lowest BCUT2D eigenvalue weighted by molar-refractivity contribution is -0.132. The van der Waals surface area contributed by atoms with Crippen LogP contribution in [0.15, 0.2) is 4.99 Å². The van der Waals surface area contributed by atoms with Gasteiger partial charge in [0.2, 0.25) is 5.91 Å². The van der Waals surface area contributed by atoms with Crippen LogP contribution >= 0.6 is 0 Å². The van der Waals surface area contributed by atoms with E-state index in [2.05, 4.69) is 16.9 Å². The first-order valence-electron chi connectivity index (χ1n) is 6.57. The minimum absolute atomic E-state index is 0.296. The van der Waals surface area contributed by atoms with Crippen molar-refractivity contribution >= 4 is 12.1 Å². The minimum Gasteiger partial charge on any atom is -0.343 e. The minimum atomic E-state index is 0.296. The predicted molar refractivity (Wildman–Crippen MR) is 71.6 cm³/mol. The fraction of sp³-hybridized carbons (Fsp3) is 0.846. The number of hydrogen-bond acceptors (Lipinski definition) is 3. The molecule has 1 rings (SSSR count). The molecule has 0 unspecified atom stereocenters. The van der Waals surface area contributed by atoms with Crippen molar-refractivity contribution in [2.24, 2.45) is 4.99 Å². The number of likely N-dealkylation sites (tertiary alicyclic amines) is 1. The fourth-order valence-electron chi connectivity index (χ4n) is 2.35. The topological polar surface area (TPSA) is 35.9 Å². The quantitative estimate of drug-likeness (QED) is 0.680. The van der Waals surface area contributed by atoms with Crippen LogP contribution in [0.3, 0.4) is 0 Å². The monoisotopic (exact) mass is 239 g/mol. The first-order valence-corrected chi connectivity index (χ1v) is 6.57. The highest BCUT2D eigenvalue weighted by Gasteiger charge is 2.23. The Labute approximate surface area is 105 Å². The molecule has 0 N–H and O–H groups in total. The molecule has 1 fully saturated rings. The molecule has 0 atom stereocenters. The van der Waals surface area contributed by atoms with Gasteiger partial charge in [-0.05, 0) is 32.5 Å². The van der Waals surface area contributed by atoms with E-state index in [1.807, 2.05) is 25.1 Å². The molecule has 4 nitrogen and oxygen atoms in total. The third-order valence-corrected chi connectivity index (χ3v) is 3.54. The van der Waals surface area contributed by atoms with E-state index in [0.717, 1.165) is 38.9 Å². The number of amides is 1. The zero-order valence-corrected chi connectivity index (χ0v) is 11.4. The second-order valence-corrected chi connectivity index (χ2v) is 4.68. The summed E-state index contributed by atoms with van der Waals surface area (Å²) in [4.78, 5) is 19.9. The van der Waals surface area contributed by atoms with E-state index in [-0.39, 0.29) is 0 Å². The highest BCUT2D eigenvalue weighted by Crippen LogP contribution is 2.16. The maximum atomic E-state index is 11.5. The molecule has 98 valence electrons. The Morgan fingerprint density at radius 2 is 2.12 bits per heavy atom. The van der Waals surface area contributed by atoms with Gasteiger partial charge >= 0.3 is 0 Å². The highest BCUT2D eigenvalue weighted by molar-refractivity contribution is 5.75. The molecule has 0 spiro atoms. The average Bonchev–Trinajstić information content (AvgIpc) is 2.38. The number of carbonyl (C=O) groups is 1. The Morgan fingerprint density at radius 3 is 2.65 bits per heavy atom. The van der Waals surface area contributed by atoms with E-state index in [1.165, 1.54) is 0 Å². The Morgan fingerprint density at radius 1 is 1.47 bits per heavy atom. The second-order valence-electron chi connectivity index (χ2n) is 4.68. The molecule has 0 aromatic heterocycles. The number of carbonyl (C=O) groups excluding carboxylic acids is 1. The summed E-state index contributed by atoms with van der Waals surface area (Å²) in [5, 5.41) is 0. The second kappa shape index (κ2) is 7.43. The van der Waals surface area contributed by atoms with Gasteiger partial charge in [0.05, 0.1) is 0 Å². The molecule has 4 heteroatoms. The number of aliphatic imine (C=N–C) groups is 1. The van der Waals surface area contributed by atoms with Crippen molar-refractivity contribution in [3.05, 3.63) is 0 Å². The molecule has 1 heterocycles. The van der Waals surface area contributed by atoms with Crippen LogP contribution in [-0.4, -0.2) is 61.7 Å². The Kier molecular flexibility index (Phi) is 6.19. The SMILES string of the molecule is CCC(=O)N1CCC(N(C)CCC=NC)CC1. The van der Waals surface area contributed by atoms with Gasteiger partial charge in [-0.1, -0.05) is 6.92 Å². The van der Waals surface area contributed by atoms with Crippen molar-refractivity contribution in [2.45, 2.75) is 38.6 Å². The molecule has 0 aromatic rings. The van der Waals surface area contributed by atoms with Crippen molar-refractivity contribution in [1.82, 2.24) is 9.80 Å². The number of nitrogens with zero attached hydrogens (tertiary/aromatic N) is 3. The molecule has 0 saturated carbocycles. The summed E-state index contributed by atoms with van der Waals surface area (Å²) >= 11 is 0. The van der Waals surface area contributed by atoms with Gasteiger partial charge in [0.1, 0.15) is 0 Å². The van der Waals surface area contributed by atoms with Crippen LogP contribution in [0.4, 0.5) is 0 Å². The lowest BCUT2D eigenvalue weighted by atomic mass is 10.0. The zero-order chi connectivity index (χ0) is 12.7. The maximum Gasteiger partial charge on any atom is 0.222 e. The van der Waals surface area contributed by atoms with Crippen molar-refractivity contribution < 1.29 is 4.79 Å². The molecule has 0 aliphatic carbocycles. The predicted octanol–water partition coefficient (Wildman–Crippen LogP) is 1.41. The van der Waals surface area contributed by atoms with Crippen molar-refractivity contribution in [1.29, 1.82) is 0 Å². The molecular weight excluding hydrogens is 214 g/mol.